The molecule has 8 heavy (non-hydrogen) atoms. The van der Waals surface area contributed by atoms with Crippen LogP contribution < -0.4 is 5.73 Å². The number of aromatic nitrogens is 1. The molecule has 0 unspecified atom stereocenters. The zero-order chi connectivity index (χ0) is 5.82. The number of thiazole rings is 1. The van der Waals surface area contributed by atoms with Crippen LogP contribution in [0, 0.1) is 0 Å². The average molecular weight is 127 g/mol. The zero-order valence-corrected chi connectivity index (χ0v) is 4.93. The Morgan fingerprint density at radius 1 is 1.88 bits per heavy atom. The Balaban J connectivity index is 2.77. The van der Waals surface area contributed by atoms with E-state index in [1.807, 2.05) is 5.38 Å². The molecular formula is C4H5N3S. The standard InChI is InChI=1S/C4H5N3S/c5-2-6-4-1-8-3-7-4/h1-3H,(H2,5,6). The number of rotatable bonds is 1. The summed E-state index contributed by atoms with van der Waals surface area (Å²) in [5.41, 5.74) is 6.70. The summed E-state index contributed by atoms with van der Waals surface area (Å²) in [7, 11) is 0. The molecule has 1 rings (SSSR count). The van der Waals surface area contributed by atoms with Crippen LogP contribution in [0.4, 0.5) is 5.82 Å². The van der Waals surface area contributed by atoms with Crippen LogP contribution in [-0.2, 0) is 0 Å². The summed E-state index contributed by atoms with van der Waals surface area (Å²) in [6, 6.07) is 0. The molecule has 2 N–H and O–H groups in total. The maximum Gasteiger partial charge on any atom is 0.164 e. The Morgan fingerprint density at radius 2 is 2.75 bits per heavy atom. The highest BCUT2D eigenvalue weighted by atomic mass is 32.1. The summed E-state index contributed by atoms with van der Waals surface area (Å²) in [6.45, 7) is 0. The predicted molar refractivity (Wildman–Crippen MR) is 34.5 cm³/mol. The summed E-state index contributed by atoms with van der Waals surface area (Å²) in [5.74, 6) is 0.678. The van der Waals surface area contributed by atoms with E-state index < -0.39 is 0 Å². The van der Waals surface area contributed by atoms with Gasteiger partial charge in [0.15, 0.2) is 5.82 Å². The fourth-order valence-electron chi connectivity index (χ4n) is 0.346. The summed E-state index contributed by atoms with van der Waals surface area (Å²) in [5, 5.41) is 1.82. The minimum atomic E-state index is 0.678. The highest BCUT2D eigenvalue weighted by Crippen LogP contribution is 2.08. The molecule has 0 amide bonds. The Labute approximate surface area is 50.9 Å². The normalized spacial score (nSPS) is 10.5. The molecule has 0 saturated carbocycles. The van der Waals surface area contributed by atoms with Gasteiger partial charge in [0.2, 0.25) is 0 Å². The van der Waals surface area contributed by atoms with Crippen molar-refractivity contribution in [1.82, 2.24) is 4.98 Å². The first-order valence-electron chi connectivity index (χ1n) is 2.06. The highest BCUT2D eigenvalue weighted by Gasteiger charge is 1.83. The largest absolute Gasteiger partial charge is 0.390 e. The first kappa shape index (κ1) is 5.24. The average Bonchev–Trinajstić information content (AvgIpc) is 2.19. The van der Waals surface area contributed by atoms with Gasteiger partial charge in [0, 0.05) is 5.38 Å². The van der Waals surface area contributed by atoms with Gasteiger partial charge in [-0.2, -0.15) is 0 Å². The second kappa shape index (κ2) is 2.42. The van der Waals surface area contributed by atoms with E-state index in [2.05, 4.69) is 9.98 Å². The predicted octanol–water partition coefficient (Wildman–Crippen LogP) is 0.762. The van der Waals surface area contributed by atoms with E-state index in [0.29, 0.717) is 5.82 Å². The fraction of sp³-hybridized carbons (Fsp3) is 0. The molecule has 0 fully saturated rings. The third kappa shape index (κ3) is 1.04. The SMILES string of the molecule is NC=Nc1cscn1. The maximum absolute atomic E-state index is 4.99. The lowest BCUT2D eigenvalue weighted by atomic mass is 10.8. The van der Waals surface area contributed by atoms with E-state index in [9.17, 15) is 0 Å². The molecule has 0 aliphatic carbocycles. The Kier molecular flexibility index (Phi) is 1.58. The van der Waals surface area contributed by atoms with Gasteiger partial charge in [-0.3, -0.25) is 0 Å². The molecule has 0 radical (unpaired) electrons. The van der Waals surface area contributed by atoms with Gasteiger partial charge in [0.25, 0.3) is 0 Å². The molecule has 0 atom stereocenters. The van der Waals surface area contributed by atoms with Crippen molar-refractivity contribution < 1.29 is 0 Å². The van der Waals surface area contributed by atoms with E-state index in [1.165, 1.54) is 17.7 Å². The second-order valence-electron chi connectivity index (χ2n) is 1.12. The number of nitrogens with two attached hydrogens (primary N) is 1. The zero-order valence-electron chi connectivity index (χ0n) is 4.11. The first-order chi connectivity index (χ1) is 3.93. The third-order valence-corrected chi connectivity index (χ3v) is 1.20. The number of nitrogens with zero attached hydrogens (tertiary/aromatic N) is 2. The Bertz CT molecular complexity index is 167. The molecule has 0 aliphatic heterocycles. The van der Waals surface area contributed by atoms with Gasteiger partial charge < -0.3 is 5.73 Å². The number of aliphatic imine (C=N–C) groups is 1. The van der Waals surface area contributed by atoms with E-state index in [4.69, 9.17) is 5.73 Å². The molecule has 0 aromatic carbocycles. The lowest BCUT2D eigenvalue weighted by Gasteiger charge is -1.74. The van der Waals surface area contributed by atoms with Crippen molar-refractivity contribution in [2.24, 2.45) is 10.7 Å². The summed E-state index contributed by atoms with van der Waals surface area (Å²) in [4.78, 5) is 7.57. The van der Waals surface area contributed by atoms with Crippen molar-refractivity contribution in [1.29, 1.82) is 0 Å². The molecule has 0 saturated heterocycles. The molecular weight excluding hydrogens is 122 g/mol. The first-order valence-corrected chi connectivity index (χ1v) is 3.00. The molecule has 4 heteroatoms. The van der Waals surface area contributed by atoms with E-state index in [1.54, 1.807) is 5.51 Å². The lowest BCUT2D eigenvalue weighted by Crippen LogP contribution is -1.85. The van der Waals surface area contributed by atoms with Gasteiger partial charge in [-0.1, -0.05) is 0 Å². The molecule has 1 aromatic heterocycles. The van der Waals surface area contributed by atoms with Crippen LogP contribution in [0.2, 0.25) is 0 Å². The van der Waals surface area contributed by atoms with Crippen LogP contribution in [-0.4, -0.2) is 11.3 Å². The topological polar surface area (TPSA) is 51.3 Å². The van der Waals surface area contributed by atoms with Gasteiger partial charge in [0.1, 0.15) is 0 Å². The fourth-order valence-corrected chi connectivity index (χ4v) is 0.819. The minimum Gasteiger partial charge on any atom is -0.390 e. The third-order valence-electron chi connectivity index (χ3n) is 0.626. The molecule has 1 heterocycles. The van der Waals surface area contributed by atoms with Crippen LogP contribution in [0.25, 0.3) is 0 Å². The van der Waals surface area contributed by atoms with Crippen LogP contribution in [0.1, 0.15) is 0 Å². The number of hydrogen-bond donors (Lipinski definition) is 1. The molecule has 1 aromatic rings. The highest BCUT2D eigenvalue weighted by molar-refractivity contribution is 7.07. The van der Waals surface area contributed by atoms with Crippen LogP contribution >= 0.6 is 11.3 Å². The smallest absolute Gasteiger partial charge is 0.164 e. The van der Waals surface area contributed by atoms with Gasteiger partial charge >= 0.3 is 0 Å². The van der Waals surface area contributed by atoms with Crippen molar-refractivity contribution in [3.8, 4) is 0 Å². The number of hydrogen-bond acceptors (Lipinski definition) is 3. The van der Waals surface area contributed by atoms with Crippen molar-refractivity contribution in [3.63, 3.8) is 0 Å². The van der Waals surface area contributed by atoms with Gasteiger partial charge in [-0.05, 0) is 0 Å². The summed E-state index contributed by atoms with van der Waals surface area (Å²) < 4.78 is 0. The van der Waals surface area contributed by atoms with Crippen LogP contribution in [0.15, 0.2) is 15.9 Å². The van der Waals surface area contributed by atoms with Gasteiger partial charge in [0.05, 0.1) is 11.8 Å². The molecule has 3 nitrogen and oxygen atoms in total. The molecule has 0 aliphatic rings. The summed E-state index contributed by atoms with van der Waals surface area (Å²) in [6.07, 6.45) is 1.23. The van der Waals surface area contributed by atoms with E-state index in [0.717, 1.165) is 0 Å². The second-order valence-corrected chi connectivity index (χ2v) is 1.84. The van der Waals surface area contributed by atoms with Crippen LogP contribution in [0.5, 0.6) is 0 Å². The van der Waals surface area contributed by atoms with Gasteiger partial charge in [-0.15, -0.1) is 11.3 Å². The van der Waals surface area contributed by atoms with Gasteiger partial charge in [-0.25, -0.2) is 9.98 Å². The summed E-state index contributed by atoms with van der Waals surface area (Å²) >= 11 is 1.50. The monoisotopic (exact) mass is 127 g/mol. The molecule has 0 spiro atoms. The van der Waals surface area contributed by atoms with E-state index in [-0.39, 0.29) is 0 Å². The van der Waals surface area contributed by atoms with Crippen molar-refractivity contribution >= 4 is 23.5 Å². The Hall–Kier alpha value is -0.900. The van der Waals surface area contributed by atoms with Crippen molar-refractivity contribution in [2.75, 3.05) is 0 Å². The molecule has 42 valence electrons. The minimum absolute atomic E-state index is 0.678. The Morgan fingerprint density at radius 3 is 3.25 bits per heavy atom. The lowest BCUT2D eigenvalue weighted by molar-refractivity contribution is 1.34. The quantitative estimate of drug-likeness (QED) is 0.447. The van der Waals surface area contributed by atoms with Crippen LogP contribution in [0.3, 0.4) is 0 Å². The molecule has 0 bridgehead atoms. The maximum atomic E-state index is 4.99. The van der Waals surface area contributed by atoms with E-state index >= 15 is 0 Å². The van der Waals surface area contributed by atoms with Crippen molar-refractivity contribution in [2.45, 2.75) is 0 Å². The van der Waals surface area contributed by atoms with Crippen molar-refractivity contribution in [3.05, 3.63) is 10.9 Å².